The zero-order chi connectivity index (χ0) is 22.8. The average Bonchev–Trinajstić information content (AvgIpc) is 2.72. The van der Waals surface area contributed by atoms with Crippen LogP contribution in [0.25, 0.3) is 0 Å². The Balaban J connectivity index is 1.82. The number of carboxylic acid groups (broad SMARTS) is 2. The molecule has 1 aromatic carbocycles. The Bertz CT molecular complexity index is 916. The SMILES string of the molecule is C[C@@H](Cc1ccccc1)NC(=O)OC[n+]1ccc(C(=O)N[C@@H](CC(=O)O)C(=O)O)cc1. The maximum absolute atomic E-state index is 12.1. The van der Waals surface area contributed by atoms with Gasteiger partial charge in [-0.1, -0.05) is 30.3 Å². The molecule has 31 heavy (non-hydrogen) atoms. The molecule has 0 saturated carbocycles. The predicted molar refractivity (Wildman–Crippen MR) is 107 cm³/mol. The number of hydrogen-bond donors (Lipinski definition) is 4. The number of ether oxygens (including phenoxy) is 1. The highest BCUT2D eigenvalue weighted by Gasteiger charge is 2.24. The number of rotatable bonds is 10. The van der Waals surface area contributed by atoms with Crippen LogP contribution in [0.5, 0.6) is 0 Å². The number of hydrogen-bond acceptors (Lipinski definition) is 5. The lowest BCUT2D eigenvalue weighted by Crippen LogP contribution is -2.43. The maximum atomic E-state index is 12.1. The number of nitrogens with one attached hydrogen (secondary N) is 2. The van der Waals surface area contributed by atoms with Crippen LogP contribution in [0.2, 0.25) is 0 Å². The number of aromatic nitrogens is 1. The van der Waals surface area contributed by atoms with E-state index in [4.69, 9.17) is 14.9 Å². The van der Waals surface area contributed by atoms with Gasteiger partial charge in [0, 0.05) is 18.2 Å². The van der Waals surface area contributed by atoms with Gasteiger partial charge in [0.1, 0.15) is 6.04 Å². The summed E-state index contributed by atoms with van der Waals surface area (Å²) in [5, 5.41) is 22.6. The van der Waals surface area contributed by atoms with E-state index < -0.39 is 36.4 Å². The number of carbonyl (C=O) groups excluding carboxylic acids is 2. The number of nitrogens with zero attached hydrogens (tertiary/aromatic N) is 1. The van der Waals surface area contributed by atoms with Gasteiger partial charge in [-0.15, -0.1) is 0 Å². The van der Waals surface area contributed by atoms with Crippen molar-refractivity contribution in [1.82, 2.24) is 10.6 Å². The van der Waals surface area contributed by atoms with Crippen molar-refractivity contribution in [2.75, 3.05) is 0 Å². The summed E-state index contributed by atoms with van der Waals surface area (Å²) in [5.41, 5.74) is 1.22. The lowest BCUT2D eigenvalue weighted by atomic mass is 10.1. The number of benzene rings is 1. The molecule has 2 atom stereocenters. The van der Waals surface area contributed by atoms with Gasteiger partial charge in [-0.3, -0.25) is 9.59 Å². The molecule has 2 aromatic rings. The Morgan fingerprint density at radius 1 is 1.00 bits per heavy atom. The number of pyridine rings is 1. The van der Waals surface area contributed by atoms with E-state index in [1.807, 2.05) is 37.3 Å². The summed E-state index contributed by atoms with van der Waals surface area (Å²) < 4.78 is 6.65. The maximum Gasteiger partial charge on any atom is 0.412 e. The van der Waals surface area contributed by atoms with Gasteiger partial charge in [0.15, 0.2) is 12.4 Å². The minimum Gasteiger partial charge on any atom is -0.481 e. The summed E-state index contributed by atoms with van der Waals surface area (Å²) >= 11 is 0. The Morgan fingerprint density at radius 3 is 2.23 bits per heavy atom. The van der Waals surface area contributed by atoms with Gasteiger partial charge in [0.2, 0.25) is 0 Å². The first-order valence-electron chi connectivity index (χ1n) is 9.46. The highest BCUT2D eigenvalue weighted by atomic mass is 16.6. The standard InChI is InChI=1S/C21H23N3O7/c1-14(11-15-5-3-2-4-6-15)22-21(30)31-13-24-9-7-16(8-10-24)19(27)23-17(20(28)29)12-18(25)26/h2-10,14,17H,11-13H2,1H3,(H3-,22,23,25,26,27,28,29,30)/p+1/t14-,17-/m0/s1. The van der Waals surface area contributed by atoms with Crippen LogP contribution in [-0.2, 0) is 27.5 Å². The van der Waals surface area contributed by atoms with Crippen molar-refractivity contribution in [2.24, 2.45) is 0 Å². The van der Waals surface area contributed by atoms with Crippen LogP contribution < -0.4 is 15.2 Å². The first kappa shape index (κ1) is 23.3. The highest BCUT2D eigenvalue weighted by molar-refractivity contribution is 5.97. The number of amides is 2. The lowest BCUT2D eigenvalue weighted by molar-refractivity contribution is -0.727. The second kappa shape index (κ2) is 11.3. The molecule has 10 nitrogen and oxygen atoms in total. The first-order valence-corrected chi connectivity index (χ1v) is 9.46. The molecule has 1 heterocycles. The molecular formula is C21H24N3O7+. The molecule has 0 unspecified atom stereocenters. The largest absolute Gasteiger partial charge is 0.481 e. The fourth-order valence-corrected chi connectivity index (χ4v) is 2.71. The van der Waals surface area contributed by atoms with Gasteiger partial charge in [-0.05, 0) is 18.9 Å². The van der Waals surface area contributed by atoms with E-state index in [2.05, 4.69) is 10.6 Å². The molecule has 0 fully saturated rings. The fraction of sp³-hybridized carbons (Fsp3) is 0.286. The minimum atomic E-state index is -1.54. The monoisotopic (exact) mass is 430 g/mol. The summed E-state index contributed by atoms with van der Waals surface area (Å²) in [6, 6.07) is 10.8. The van der Waals surface area contributed by atoms with Crippen molar-refractivity contribution in [2.45, 2.75) is 38.6 Å². The van der Waals surface area contributed by atoms with Gasteiger partial charge in [0.05, 0.1) is 12.0 Å². The van der Waals surface area contributed by atoms with Gasteiger partial charge in [-0.2, -0.15) is 4.57 Å². The third kappa shape index (κ3) is 8.13. The molecule has 0 bridgehead atoms. The second-order valence-electron chi connectivity index (χ2n) is 6.86. The molecule has 0 aliphatic carbocycles. The molecule has 0 aliphatic rings. The van der Waals surface area contributed by atoms with Crippen LogP contribution in [-0.4, -0.2) is 46.2 Å². The topological polar surface area (TPSA) is 146 Å². The summed E-state index contributed by atoms with van der Waals surface area (Å²) in [6.45, 7) is 1.77. The molecule has 2 amide bonds. The van der Waals surface area contributed by atoms with Gasteiger partial charge < -0.3 is 25.6 Å². The third-order valence-electron chi connectivity index (χ3n) is 4.23. The smallest absolute Gasteiger partial charge is 0.412 e. The summed E-state index contributed by atoms with van der Waals surface area (Å²) in [7, 11) is 0. The molecule has 1 aromatic heterocycles. The number of carboxylic acids is 2. The molecule has 2 rings (SSSR count). The zero-order valence-electron chi connectivity index (χ0n) is 16.9. The Labute approximate surface area is 178 Å². The molecule has 10 heteroatoms. The summed E-state index contributed by atoms with van der Waals surface area (Å²) in [5.74, 6) is -3.51. The highest BCUT2D eigenvalue weighted by Crippen LogP contribution is 2.03. The van der Waals surface area contributed by atoms with E-state index in [-0.39, 0.29) is 18.3 Å². The van der Waals surface area contributed by atoms with E-state index in [9.17, 15) is 19.2 Å². The van der Waals surface area contributed by atoms with Gasteiger partial charge >= 0.3 is 18.0 Å². The van der Waals surface area contributed by atoms with Crippen LogP contribution in [0.1, 0.15) is 29.3 Å². The molecule has 164 valence electrons. The van der Waals surface area contributed by atoms with Crippen molar-refractivity contribution >= 4 is 23.9 Å². The van der Waals surface area contributed by atoms with Crippen LogP contribution in [0.15, 0.2) is 54.9 Å². The van der Waals surface area contributed by atoms with Crippen molar-refractivity contribution < 1.29 is 38.7 Å². The van der Waals surface area contributed by atoms with Crippen LogP contribution >= 0.6 is 0 Å². The van der Waals surface area contributed by atoms with E-state index >= 15 is 0 Å². The van der Waals surface area contributed by atoms with Crippen LogP contribution in [0, 0.1) is 0 Å². The Kier molecular flexibility index (Phi) is 8.50. The molecule has 0 radical (unpaired) electrons. The number of alkyl carbamates (subject to hydrolysis) is 1. The number of aliphatic carboxylic acids is 2. The van der Waals surface area contributed by atoms with Gasteiger partial charge in [-0.25, -0.2) is 9.59 Å². The minimum absolute atomic E-state index is 0.0947. The lowest BCUT2D eigenvalue weighted by Gasteiger charge is -2.13. The third-order valence-corrected chi connectivity index (χ3v) is 4.23. The molecule has 0 saturated heterocycles. The van der Waals surface area contributed by atoms with Crippen molar-refractivity contribution in [3.05, 3.63) is 66.0 Å². The Hall–Kier alpha value is -3.95. The quantitative estimate of drug-likeness (QED) is 0.411. The van der Waals surface area contributed by atoms with E-state index in [1.165, 1.54) is 29.1 Å². The summed E-state index contributed by atoms with van der Waals surface area (Å²) in [6.07, 6.45) is 2.28. The summed E-state index contributed by atoms with van der Waals surface area (Å²) in [4.78, 5) is 45.8. The van der Waals surface area contributed by atoms with Crippen molar-refractivity contribution in [1.29, 1.82) is 0 Å². The van der Waals surface area contributed by atoms with Crippen LogP contribution in [0.3, 0.4) is 0 Å². The normalized spacial score (nSPS) is 12.3. The first-order chi connectivity index (χ1) is 14.7. The fourth-order valence-electron chi connectivity index (χ4n) is 2.71. The van der Waals surface area contributed by atoms with Crippen LogP contribution in [0.4, 0.5) is 4.79 Å². The van der Waals surface area contributed by atoms with Crippen molar-refractivity contribution in [3.63, 3.8) is 0 Å². The zero-order valence-corrected chi connectivity index (χ0v) is 16.9. The Morgan fingerprint density at radius 2 is 1.65 bits per heavy atom. The molecular weight excluding hydrogens is 406 g/mol. The number of carbonyl (C=O) groups is 4. The molecule has 0 spiro atoms. The predicted octanol–water partition coefficient (Wildman–Crippen LogP) is 0.947. The average molecular weight is 430 g/mol. The molecule has 0 aliphatic heterocycles. The van der Waals surface area contributed by atoms with Crippen molar-refractivity contribution in [3.8, 4) is 0 Å². The second-order valence-corrected chi connectivity index (χ2v) is 6.86. The van der Waals surface area contributed by atoms with Gasteiger partial charge in [0.25, 0.3) is 12.6 Å². The van der Waals surface area contributed by atoms with E-state index in [0.29, 0.717) is 6.42 Å². The molecule has 4 N–H and O–H groups in total. The van der Waals surface area contributed by atoms with E-state index in [1.54, 1.807) is 0 Å². The van der Waals surface area contributed by atoms with E-state index in [0.717, 1.165) is 5.56 Å².